The van der Waals surface area contributed by atoms with Crippen molar-refractivity contribution in [1.29, 1.82) is 0 Å². The minimum Gasteiger partial charge on any atom is -0.325 e. The third kappa shape index (κ3) is 5.60. The summed E-state index contributed by atoms with van der Waals surface area (Å²) in [5.41, 5.74) is -0.0985. The second-order valence-corrected chi connectivity index (χ2v) is 7.11. The van der Waals surface area contributed by atoms with Gasteiger partial charge in [0.1, 0.15) is 6.33 Å². The maximum absolute atomic E-state index is 12.8. The van der Waals surface area contributed by atoms with E-state index in [2.05, 4.69) is 20.8 Å². The van der Waals surface area contributed by atoms with Crippen molar-refractivity contribution < 1.29 is 22.8 Å². The van der Waals surface area contributed by atoms with Crippen LogP contribution in [0.1, 0.15) is 15.9 Å². The summed E-state index contributed by atoms with van der Waals surface area (Å²) in [6.45, 7) is 0. The lowest BCUT2D eigenvalue weighted by Gasteiger charge is -2.10. The second-order valence-electron chi connectivity index (χ2n) is 6.17. The van der Waals surface area contributed by atoms with Crippen molar-refractivity contribution in [3.05, 3.63) is 66.0 Å². The Morgan fingerprint density at radius 1 is 1.07 bits per heavy atom. The highest BCUT2D eigenvalue weighted by molar-refractivity contribution is 7.99. The van der Waals surface area contributed by atoms with Crippen LogP contribution in [0.3, 0.4) is 0 Å². The molecule has 0 saturated carbocycles. The van der Waals surface area contributed by atoms with Crippen LogP contribution < -0.4 is 10.6 Å². The standard InChI is InChI=1S/C19H16F3N5O2S/c1-27-11-23-26-18(27)30-10-16(28)24-14-7-5-12(6-8-14)17(29)25-15-4-2-3-13(9-15)19(20,21)22/h2-9,11H,10H2,1H3,(H,24,28)(H,25,29). The van der Waals surface area contributed by atoms with Gasteiger partial charge in [0.25, 0.3) is 5.91 Å². The summed E-state index contributed by atoms with van der Waals surface area (Å²) in [5, 5.41) is 13.3. The molecule has 3 aromatic rings. The summed E-state index contributed by atoms with van der Waals surface area (Å²) in [4.78, 5) is 24.3. The van der Waals surface area contributed by atoms with Crippen molar-refractivity contribution in [3.63, 3.8) is 0 Å². The van der Waals surface area contributed by atoms with Crippen molar-refractivity contribution in [3.8, 4) is 0 Å². The van der Waals surface area contributed by atoms with Gasteiger partial charge in [-0.2, -0.15) is 13.2 Å². The van der Waals surface area contributed by atoms with Crippen molar-refractivity contribution in [2.75, 3.05) is 16.4 Å². The van der Waals surface area contributed by atoms with Crippen molar-refractivity contribution in [2.45, 2.75) is 11.3 Å². The number of carbonyl (C=O) groups excluding carboxylic acids is 2. The maximum atomic E-state index is 12.8. The number of aromatic nitrogens is 3. The number of nitrogens with zero attached hydrogens (tertiary/aromatic N) is 3. The number of carbonyl (C=O) groups is 2. The zero-order valence-electron chi connectivity index (χ0n) is 15.6. The van der Waals surface area contributed by atoms with E-state index in [0.29, 0.717) is 10.8 Å². The monoisotopic (exact) mass is 435 g/mol. The van der Waals surface area contributed by atoms with Crippen LogP contribution >= 0.6 is 11.8 Å². The van der Waals surface area contributed by atoms with E-state index in [1.165, 1.54) is 54.5 Å². The Labute approximate surface area is 173 Å². The smallest absolute Gasteiger partial charge is 0.325 e. The Balaban J connectivity index is 1.56. The predicted molar refractivity (Wildman–Crippen MR) is 106 cm³/mol. The molecule has 0 saturated heterocycles. The first-order valence-electron chi connectivity index (χ1n) is 8.58. The topological polar surface area (TPSA) is 88.9 Å². The van der Waals surface area contributed by atoms with Crippen LogP contribution in [0, 0.1) is 0 Å². The fraction of sp³-hybridized carbons (Fsp3) is 0.158. The average molecular weight is 435 g/mol. The third-order valence-corrected chi connectivity index (χ3v) is 4.92. The van der Waals surface area contributed by atoms with E-state index in [9.17, 15) is 22.8 Å². The first kappa shape index (κ1) is 21.4. The Morgan fingerprint density at radius 2 is 1.80 bits per heavy atom. The Kier molecular flexibility index (Phi) is 6.40. The van der Waals surface area contributed by atoms with E-state index in [4.69, 9.17) is 0 Å². The number of anilines is 2. The van der Waals surface area contributed by atoms with Gasteiger partial charge in [-0.15, -0.1) is 10.2 Å². The van der Waals surface area contributed by atoms with Gasteiger partial charge in [0, 0.05) is 24.0 Å². The fourth-order valence-corrected chi connectivity index (χ4v) is 3.10. The second kappa shape index (κ2) is 8.99. The molecule has 0 fully saturated rings. The molecule has 0 spiro atoms. The summed E-state index contributed by atoms with van der Waals surface area (Å²) in [7, 11) is 1.77. The number of thioether (sulfide) groups is 1. The number of benzene rings is 2. The van der Waals surface area contributed by atoms with E-state index in [1.54, 1.807) is 11.6 Å². The molecule has 0 radical (unpaired) electrons. The van der Waals surface area contributed by atoms with E-state index < -0.39 is 17.6 Å². The molecule has 2 aromatic carbocycles. The zero-order valence-corrected chi connectivity index (χ0v) is 16.4. The molecule has 1 heterocycles. The Morgan fingerprint density at radius 3 is 2.43 bits per heavy atom. The van der Waals surface area contributed by atoms with Crippen LogP contribution in [0.15, 0.2) is 60.0 Å². The first-order valence-corrected chi connectivity index (χ1v) is 9.56. The molecule has 11 heteroatoms. The molecular weight excluding hydrogens is 419 g/mol. The number of hydrogen-bond donors (Lipinski definition) is 2. The normalized spacial score (nSPS) is 11.2. The van der Waals surface area contributed by atoms with Crippen LogP contribution in [0.4, 0.5) is 24.5 Å². The highest BCUT2D eigenvalue weighted by Gasteiger charge is 2.30. The van der Waals surface area contributed by atoms with Gasteiger partial charge in [-0.05, 0) is 42.5 Å². The fourth-order valence-electron chi connectivity index (χ4n) is 2.41. The van der Waals surface area contributed by atoms with Crippen LogP contribution in [0.2, 0.25) is 0 Å². The molecule has 1 aromatic heterocycles. The van der Waals surface area contributed by atoms with Gasteiger partial charge in [-0.3, -0.25) is 9.59 Å². The van der Waals surface area contributed by atoms with Crippen LogP contribution in [-0.4, -0.2) is 32.3 Å². The lowest BCUT2D eigenvalue weighted by molar-refractivity contribution is -0.137. The lowest BCUT2D eigenvalue weighted by Crippen LogP contribution is -2.15. The molecule has 0 unspecified atom stereocenters. The van der Waals surface area contributed by atoms with Crippen LogP contribution in [0.5, 0.6) is 0 Å². The largest absolute Gasteiger partial charge is 0.416 e. The summed E-state index contributed by atoms with van der Waals surface area (Å²) in [6, 6.07) is 10.4. The first-order chi connectivity index (χ1) is 14.2. The van der Waals surface area contributed by atoms with Gasteiger partial charge >= 0.3 is 6.18 Å². The molecule has 3 rings (SSSR count). The molecule has 30 heavy (non-hydrogen) atoms. The average Bonchev–Trinajstić information content (AvgIpc) is 3.11. The number of alkyl halides is 3. The molecule has 2 N–H and O–H groups in total. The molecule has 0 aliphatic heterocycles. The van der Waals surface area contributed by atoms with E-state index >= 15 is 0 Å². The molecule has 0 bridgehead atoms. The van der Waals surface area contributed by atoms with Gasteiger partial charge in [0.05, 0.1) is 11.3 Å². The van der Waals surface area contributed by atoms with Crippen LogP contribution in [-0.2, 0) is 18.0 Å². The molecule has 0 aliphatic carbocycles. The number of rotatable bonds is 6. The Bertz CT molecular complexity index is 1050. The van der Waals surface area contributed by atoms with Gasteiger partial charge in [0.2, 0.25) is 5.91 Å². The molecule has 156 valence electrons. The number of hydrogen-bond acceptors (Lipinski definition) is 5. The van der Waals surface area contributed by atoms with Gasteiger partial charge in [0.15, 0.2) is 5.16 Å². The van der Waals surface area contributed by atoms with E-state index in [-0.39, 0.29) is 22.9 Å². The zero-order chi connectivity index (χ0) is 21.7. The quantitative estimate of drug-likeness (QED) is 0.575. The van der Waals surface area contributed by atoms with Gasteiger partial charge in [-0.25, -0.2) is 0 Å². The summed E-state index contributed by atoms with van der Waals surface area (Å²) in [5.74, 6) is -0.696. The van der Waals surface area contributed by atoms with Gasteiger partial charge in [-0.1, -0.05) is 17.8 Å². The number of halogens is 3. The number of amides is 2. The lowest BCUT2D eigenvalue weighted by atomic mass is 10.1. The highest BCUT2D eigenvalue weighted by Crippen LogP contribution is 2.30. The maximum Gasteiger partial charge on any atom is 0.416 e. The van der Waals surface area contributed by atoms with Gasteiger partial charge < -0.3 is 15.2 Å². The highest BCUT2D eigenvalue weighted by atomic mass is 32.2. The van der Waals surface area contributed by atoms with Crippen molar-refractivity contribution in [2.24, 2.45) is 7.05 Å². The summed E-state index contributed by atoms with van der Waals surface area (Å²) < 4.78 is 40.0. The minimum absolute atomic E-state index is 0.0352. The van der Waals surface area contributed by atoms with E-state index in [0.717, 1.165) is 12.1 Å². The molecule has 0 aliphatic rings. The summed E-state index contributed by atoms with van der Waals surface area (Å²) in [6.07, 6.45) is -2.96. The summed E-state index contributed by atoms with van der Waals surface area (Å²) >= 11 is 1.23. The van der Waals surface area contributed by atoms with Crippen molar-refractivity contribution in [1.82, 2.24) is 14.8 Å². The molecular formula is C19H16F3N5O2S. The predicted octanol–water partition coefficient (Wildman–Crippen LogP) is 3.82. The minimum atomic E-state index is -4.49. The number of aryl methyl sites for hydroxylation is 1. The molecule has 2 amide bonds. The van der Waals surface area contributed by atoms with Crippen LogP contribution in [0.25, 0.3) is 0 Å². The molecule has 7 nitrogen and oxygen atoms in total. The number of nitrogens with one attached hydrogen (secondary N) is 2. The SMILES string of the molecule is Cn1cnnc1SCC(=O)Nc1ccc(C(=O)Nc2cccc(C(F)(F)F)c2)cc1. The third-order valence-electron chi connectivity index (χ3n) is 3.88. The van der Waals surface area contributed by atoms with E-state index in [1.807, 2.05) is 0 Å². The van der Waals surface area contributed by atoms with Crippen molar-refractivity contribution >= 4 is 35.0 Å². The Hall–Kier alpha value is -3.34. The molecule has 0 atom stereocenters.